The molecule has 0 amide bonds. The maximum absolute atomic E-state index is 10.8. The summed E-state index contributed by atoms with van der Waals surface area (Å²) < 4.78 is 6.23. The monoisotopic (exact) mass is 350 g/mol. The lowest BCUT2D eigenvalue weighted by molar-refractivity contribution is 0.101. The summed E-state index contributed by atoms with van der Waals surface area (Å²) in [5.74, 6) is 0. The van der Waals surface area contributed by atoms with Crippen molar-refractivity contribution in [2.24, 2.45) is 0 Å². The Hall–Kier alpha value is -0.686. The lowest BCUT2D eigenvalue weighted by atomic mass is 10.2. The zero-order chi connectivity index (χ0) is 17.9. The van der Waals surface area contributed by atoms with Gasteiger partial charge in [0.05, 0.1) is 20.8 Å². The van der Waals surface area contributed by atoms with Crippen molar-refractivity contribution in [2.45, 2.75) is 63.6 Å². The Morgan fingerprint density at radius 2 is 1.65 bits per heavy atom. The Morgan fingerprint density at radius 1 is 1.13 bits per heavy atom. The van der Waals surface area contributed by atoms with Crippen LogP contribution < -0.4 is 5.19 Å². The second-order valence-electron chi connectivity index (χ2n) is 8.49. The minimum absolute atomic E-state index is 0.0784. The predicted molar refractivity (Wildman–Crippen MR) is 107 cm³/mol. The summed E-state index contributed by atoms with van der Waals surface area (Å²) in [7, 11) is -3.69. The Kier molecular flexibility index (Phi) is 6.61. The minimum Gasteiger partial charge on any atom is -0.414 e. The van der Waals surface area contributed by atoms with Crippen LogP contribution in [0.4, 0.5) is 0 Å². The van der Waals surface area contributed by atoms with Gasteiger partial charge in [-0.05, 0) is 18.1 Å². The zero-order valence-corrected chi connectivity index (χ0v) is 17.9. The summed E-state index contributed by atoms with van der Waals surface area (Å²) in [5.41, 5.74) is 0.0784. The molecule has 2 nitrogen and oxygen atoms in total. The fourth-order valence-corrected chi connectivity index (χ4v) is 6.71. The highest BCUT2D eigenvalue weighted by Gasteiger charge is 2.40. The summed E-state index contributed by atoms with van der Waals surface area (Å²) in [5, 5.41) is 12.3. The van der Waals surface area contributed by atoms with E-state index in [0.29, 0.717) is 6.61 Å². The van der Waals surface area contributed by atoms with Crippen molar-refractivity contribution in [1.82, 2.24) is 0 Å². The van der Waals surface area contributed by atoms with Crippen molar-refractivity contribution in [2.75, 3.05) is 6.61 Å². The van der Waals surface area contributed by atoms with Gasteiger partial charge in [-0.3, -0.25) is 0 Å². The van der Waals surface area contributed by atoms with Crippen LogP contribution in [-0.2, 0) is 4.43 Å². The van der Waals surface area contributed by atoms with Crippen molar-refractivity contribution < 1.29 is 9.53 Å². The van der Waals surface area contributed by atoms with Crippen molar-refractivity contribution >= 4 is 21.6 Å². The van der Waals surface area contributed by atoms with E-state index in [1.54, 1.807) is 0 Å². The molecule has 0 heterocycles. The molecule has 0 saturated carbocycles. The van der Waals surface area contributed by atoms with Crippen LogP contribution in [0.25, 0.3) is 0 Å². The van der Waals surface area contributed by atoms with Crippen LogP contribution >= 0.6 is 0 Å². The standard InChI is InChI=1S/C19H34O2Si2/c1-9-18(22(5,6)16-13-11-10-12-14-16)17(20)15-21-23(7,8)19(2,3)4/h9-14,17-18,20H,1,15H2,2-8H3/t17-,18-/m1/s1. The predicted octanol–water partition coefficient (Wildman–Crippen LogP) is 4.54. The molecule has 0 spiro atoms. The van der Waals surface area contributed by atoms with E-state index in [-0.39, 0.29) is 10.6 Å². The molecule has 23 heavy (non-hydrogen) atoms. The van der Waals surface area contributed by atoms with Gasteiger partial charge >= 0.3 is 0 Å². The molecule has 0 saturated heterocycles. The fourth-order valence-electron chi connectivity index (χ4n) is 2.61. The first-order chi connectivity index (χ1) is 10.4. The van der Waals surface area contributed by atoms with Gasteiger partial charge in [0.2, 0.25) is 0 Å². The van der Waals surface area contributed by atoms with E-state index < -0.39 is 22.5 Å². The highest BCUT2D eigenvalue weighted by atomic mass is 28.4. The van der Waals surface area contributed by atoms with Gasteiger partial charge < -0.3 is 9.53 Å². The molecule has 1 aromatic rings. The van der Waals surface area contributed by atoms with Crippen molar-refractivity contribution in [3.05, 3.63) is 43.0 Å². The van der Waals surface area contributed by atoms with E-state index in [1.807, 2.05) is 12.1 Å². The van der Waals surface area contributed by atoms with E-state index in [0.717, 1.165) is 0 Å². The lowest BCUT2D eigenvalue weighted by Gasteiger charge is -2.39. The lowest BCUT2D eigenvalue weighted by Crippen LogP contribution is -2.51. The topological polar surface area (TPSA) is 29.5 Å². The molecule has 2 atom stereocenters. The normalized spacial score (nSPS) is 16.0. The largest absolute Gasteiger partial charge is 0.414 e. The molecule has 1 rings (SSSR count). The highest BCUT2D eigenvalue weighted by molar-refractivity contribution is 6.91. The molecule has 130 valence electrons. The molecule has 0 aliphatic heterocycles. The smallest absolute Gasteiger partial charge is 0.192 e. The minimum atomic E-state index is -1.85. The zero-order valence-electron chi connectivity index (χ0n) is 15.9. The average Bonchev–Trinajstić information content (AvgIpc) is 2.45. The second kappa shape index (κ2) is 7.47. The molecule has 0 aromatic heterocycles. The van der Waals surface area contributed by atoms with Gasteiger partial charge in [-0.2, -0.15) is 0 Å². The number of rotatable bonds is 7. The highest BCUT2D eigenvalue weighted by Crippen LogP contribution is 2.37. The van der Waals surface area contributed by atoms with Gasteiger partial charge in [-0.25, -0.2) is 0 Å². The van der Waals surface area contributed by atoms with Crippen LogP contribution in [0.3, 0.4) is 0 Å². The first-order valence-electron chi connectivity index (χ1n) is 8.43. The number of hydrogen-bond donors (Lipinski definition) is 1. The molecule has 0 aliphatic rings. The second-order valence-corrected chi connectivity index (χ2v) is 18.0. The Labute approximate surface area is 144 Å². The van der Waals surface area contributed by atoms with Gasteiger partial charge in [0, 0.05) is 5.54 Å². The maximum atomic E-state index is 10.8. The number of benzene rings is 1. The van der Waals surface area contributed by atoms with E-state index in [2.05, 4.69) is 77.8 Å². The van der Waals surface area contributed by atoms with Crippen LogP contribution in [0.2, 0.25) is 36.8 Å². The first-order valence-corrected chi connectivity index (χ1v) is 14.4. The molecule has 1 aromatic carbocycles. The summed E-state index contributed by atoms with van der Waals surface area (Å²) in [6.07, 6.45) is 1.43. The van der Waals surface area contributed by atoms with Crippen LogP contribution in [0, 0.1) is 0 Å². The average molecular weight is 351 g/mol. The quantitative estimate of drug-likeness (QED) is 0.578. The molecule has 1 N–H and O–H groups in total. The van der Waals surface area contributed by atoms with Gasteiger partial charge in [-0.15, -0.1) is 6.58 Å². The molecule has 0 aliphatic carbocycles. The first kappa shape index (κ1) is 20.4. The molecule has 0 bridgehead atoms. The molecular weight excluding hydrogens is 316 g/mol. The third kappa shape index (κ3) is 4.89. The third-order valence-corrected chi connectivity index (χ3v) is 14.0. The number of aliphatic hydroxyl groups is 1. The van der Waals surface area contributed by atoms with Crippen molar-refractivity contribution in [3.8, 4) is 0 Å². The molecule has 0 radical (unpaired) electrons. The van der Waals surface area contributed by atoms with Gasteiger partial charge in [0.15, 0.2) is 8.32 Å². The molecule has 0 fully saturated rings. The Balaban J connectivity index is 2.88. The maximum Gasteiger partial charge on any atom is 0.192 e. The van der Waals surface area contributed by atoms with Crippen LogP contribution in [0.1, 0.15) is 20.8 Å². The van der Waals surface area contributed by atoms with Crippen molar-refractivity contribution in [1.29, 1.82) is 0 Å². The van der Waals surface area contributed by atoms with Gasteiger partial charge in [-0.1, -0.05) is 75.5 Å². The molecular formula is C19H34O2Si2. The van der Waals surface area contributed by atoms with Crippen LogP contribution in [0.15, 0.2) is 43.0 Å². The van der Waals surface area contributed by atoms with Crippen molar-refractivity contribution in [3.63, 3.8) is 0 Å². The molecule has 4 heteroatoms. The van der Waals surface area contributed by atoms with E-state index in [9.17, 15) is 5.11 Å². The summed E-state index contributed by atoms with van der Waals surface area (Å²) in [6, 6.07) is 10.5. The summed E-state index contributed by atoms with van der Waals surface area (Å²) in [6.45, 7) is 20.1. The Bertz CT molecular complexity index is 504. The summed E-state index contributed by atoms with van der Waals surface area (Å²) in [4.78, 5) is 0. The van der Waals surface area contributed by atoms with Gasteiger partial charge in [0.25, 0.3) is 0 Å². The van der Waals surface area contributed by atoms with Crippen LogP contribution in [-0.4, -0.2) is 34.2 Å². The Morgan fingerprint density at radius 3 is 2.09 bits per heavy atom. The summed E-state index contributed by atoms with van der Waals surface area (Å²) >= 11 is 0. The van der Waals surface area contributed by atoms with Crippen LogP contribution in [0.5, 0.6) is 0 Å². The third-order valence-electron chi connectivity index (χ3n) is 5.44. The number of aliphatic hydroxyl groups excluding tert-OH is 1. The molecule has 0 unspecified atom stereocenters. The fraction of sp³-hybridized carbons (Fsp3) is 0.579. The van der Waals surface area contributed by atoms with E-state index in [4.69, 9.17) is 4.43 Å². The van der Waals surface area contributed by atoms with E-state index >= 15 is 0 Å². The van der Waals surface area contributed by atoms with E-state index in [1.165, 1.54) is 5.19 Å². The van der Waals surface area contributed by atoms with Gasteiger partial charge in [0.1, 0.15) is 0 Å². The number of hydrogen-bond acceptors (Lipinski definition) is 2. The SMILES string of the molecule is C=C[C@H]([C@H](O)CO[Si](C)(C)C(C)(C)C)[Si](C)(C)c1ccccc1.